The third-order valence-corrected chi connectivity index (χ3v) is 5.72. The molecule has 8 heteroatoms. The standard InChI is InChI=1S/C20H23NO7/c1-26-16(23)19-10-6-12-20(13-7-11-19,17(24)27-2)21(19)18(25)28-15(22)14-8-4-3-5-9-14/h3-5,8-9H,6-7,10-13H2,1-2H3. The van der Waals surface area contributed by atoms with Gasteiger partial charge in [0.25, 0.3) is 0 Å². The normalized spacial score (nSPS) is 26.1. The molecule has 0 radical (unpaired) electrons. The van der Waals surface area contributed by atoms with Crippen LogP contribution in [0.25, 0.3) is 0 Å². The van der Waals surface area contributed by atoms with Gasteiger partial charge in [-0.05, 0) is 50.7 Å². The van der Waals surface area contributed by atoms with Crippen molar-refractivity contribution in [1.82, 2.24) is 4.90 Å². The van der Waals surface area contributed by atoms with E-state index < -0.39 is 35.1 Å². The van der Waals surface area contributed by atoms with E-state index in [-0.39, 0.29) is 5.56 Å². The maximum absolute atomic E-state index is 13.1. The zero-order chi connectivity index (χ0) is 20.4. The number of rotatable bonds is 3. The first-order valence-corrected chi connectivity index (χ1v) is 9.20. The van der Waals surface area contributed by atoms with E-state index in [2.05, 4.69) is 0 Å². The number of hydrogen-bond donors (Lipinski definition) is 0. The van der Waals surface area contributed by atoms with Crippen molar-refractivity contribution in [1.29, 1.82) is 0 Å². The molecule has 1 amide bonds. The van der Waals surface area contributed by atoms with E-state index in [1.807, 2.05) is 0 Å². The first-order valence-electron chi connectivity index (χ1n) is 9.20. The average molecular weight is 389 g/mol. The molecule has 0 aromatic heterocycles. The molecule has 0 N–H and O–H groups in total. The van der Waals surface area contributed by atoms with Crippen molar-refractivity contribution in [2.75, 3.05) is 14.2 Å². The molecule has 28 heavy (non-hydrogen) atoms. The number of methoxy groups -OCH3 is 2. The predicted molar refractivity (Wildman–Crippen MR) is 96.3 cm³/mol. The van der Waals surface area contributed by atoms with Crippen LogP contribution in [-0.2, 0) is 23.8 Å². The van der Waals surface area contributed by atoms with Crippen LogP contribution in [-0.4, -0.2) is 54.2 Å². The van der Waals surface area contributed by atoms with Gasteiger partial charge >= 0.3 is 24.0 Å². The fraction of sp³-hybridized carbons (Fsp3) is 0.500. The minimum atomic E-state index is -1.35. The Labute approximate surface area is 162 Å². The first-order chi connectivity index (χ1) is 13.4. The fourth-order valence-electron chi connectivity index (χ4n) is 4.53. The van der Waals surface area contributed by atoms with E-state index >= 15 is 0 Å². The molecule has 0 spiro atoms. The summed E-state index contributed by atoms with van der Waals surface area (Å²) in [6, 6.07) is 8.04. The highest BCUT2D eigenvalue weighted by molar-refractivity contribution is 6.00. The van der Waals surface area contributed by atoms with Gasteiger partial charge in [0.05, 0.1) is 19.8 Å². The maximum atomic E-state index is 13.1. The van der Waals surface area contributed by atoms with Gasteiger partial charge in [0, 0.05) is 0 Å². The summed E-state index contributed by atoms with van der Waals surface area (Å²) in [5.74, 6) is -2.09. The molecule has 2 fully saturated rings. The second kappa shape index (κ2) is 7.61. The van der Waals surface area contributed by atoms with Gasteiger partial charge in [0.1, 0.15) is 11.1 Å². The van der Waals surface area contributed by atoms with Gasteiger partial charge in [-0.2, -0.15) is 0 Å². The number of carbonyl (C=O) groups excluding carboxylic acids is 4. The third kappa shape index (κ3) is 3.02. The molecular weight excluding hydrogens is 366 g/mol. The molecule has 2 aliphatic rings. The summed E-state index contributed by atoms with van der Waals surface area (Å²) in [5, 5.41) is 0. The highest BCUT2D eigenvalue weighted by Crippen LogP contribution is 2.49. The maximum Gasteiger partial charge on any atom is 0.419 e. The van der Waals surface area contributed by atoms with Crippen LogP contribution in [0, 0.1) is 0 Å². The molecule has 3 rings (SSSR count). The van der Waals surface area contributed by atoms with E-state index in [4.69, 9.17) is 14.2 Å². The molecule has 2 heterocycles. The number of piperidine rings is 2. The summed E-state index contributed by atoms with van der Waals surface area (Å²) in [6.45, 7) is 0. The SMILES string of the molecule is COC(=O)C12CCCC(C(=O)OC)(CCC1)N2C(=O)OC(=O)c1ccccc1. The van der Waals surface area contributed by atoms with Crippen LogP contribution in [0.3, 0.4) is 0 Å². The third-order valence-electron chi connectivity index (χ3n) is 5.72. The van der Waals surface area contributed by atoms with Crippen LogP contribution in [0.4, 0.5) is 4.79 Å². The number of amides is 1. The number of carbonyl (C=O) groups is 4. The number of hydrogen-bond acceptors (Lipinski definition) is 7. The molecule has 8 nitrogen and oxygen atoms in total. The molecule has 0 atom stereocenters. The highest BCUT2D eigenvalue weighted by Gasteiger charge is 2.65. The minimum absolute atomic E-state index is 0.192. The van der Waals surface area contributed by atoms with Crippen molar-refractivity contribution in [3.05, 3.63) is 35.9 Å². The number of benzene rings is 1. The Kier molecular flexibility index (Phi) is 5.40. The van der Waals surface area contributed by atoms with Gasteiger partial charge in [-0.3, -0.25) is 4.90 Å². The number of fused-ring (bicyclic) bond motifs is 2. The molecule has 2 aliphatic heterocycles. The molecule has 150 valence electrons. The highest BCUT2D eigenvalue weighted by atomic mass is 16.6. The quantitative estimate of drug-likeness (QED) is 0.445. The van der Waals surface area contributed by atoms with Gasteiger partial charge in [-0.1, -0.05) is 18.2 Å². The molecule has 0 unspecified atom stereocenters. The van der Waals surface area contributed by atoms with Crippen LogP contribution in [0.2, 0.25) is 0 Å². The topological polar surface area (TPSA) is 99.2 Å². The lowest BCUT2D eigenvalue weighted by Crippen LogP contribution is -2.73. The summed E-state index contributed by atoms with van der Waals surface area (Å²) < 4.78 is 15.0. The van der Waals surface area contributed by atoms with Crippen LogP contribution in [0.15, 0.2) is 30.3 Å². The smallest absolute Gasteiger partial charge is 0.419 e. The van der Waals surface area contributed by atoms with Crippen molar-refractivity contribution in [2.24, 2.45) is 0 Å². The van der Waals surface area contributed by atoms with Crippen molar-refractivity contribution in [2.45, 2.75) is 49.6 Å². The lowest BCUT2D eigenvalue weighted by Gasteiger charge is -2.56. The van der Waals surface area contributed by atoms with Crippen molar-refractivity contribution < 1.29 is 33.4 Å². The molecule has 1 aromatic rings. The average Bonchev–Trinajstić information content (AvgIpc) is 2.72. The fourth-order valence-corrected chi connectivity index (χ4v) is 4.53. The van der Waals surface area contributed by atoms with E-state index in [1.165, 1.54) is 26.4 Å². The Balaban J connectivity index is 2.00. The lowest BCUT2D eigenvalue weighted by atomic mass is 9.67. The van der Waals surface area contributed by atoms with Gasteiger partial charge in [0.15, 0.2) is 0 Å². The second-order valence-electron chi connectivity index (χ2n) is 7.11. The van der Waals surface area contributed by atoms with Gasteiger partial charge in [-0.15, -0.1) is 0 Å². The van der Waals surface area contributed by atoms with Crippen molar-refractivity contribution in [3.8, 4) is 0 Å². The summed E-state index contributed by atoms with van der Waals surface area (Å²) in [4.78, 5) is 52.1. The van der Waals surface area contributed by atoms with Crippen molar-refractivity contribution in [3.63, 3.8) is 0 Å². The van der Waals surface area contributed by atoms with E-state index in [9.17, 15) is 19.2 Å². The first kappa shape index (κ1) is 19.9. The van der Waals surface area contributed by atoms with E-state index in [0.717, 1.165) is 4.90 Å². The number of esters is 3. The van der Waals surface area contributed by atoms with Crippen LogP contribution in [0.5, 0.6) is 0 Å². The van der Waals surface area contributed by atoms with Crippen molar-refractivity contribution >= 4 is 24.0 Å². The van der Waals surface area contributed by atoms with Crippen LogP contribution >= 0.6 is 0 Å². The summed E-state index contributed by atoms with van der Waals surface area (Å²) in [6.07, 6.45) is 1.35. The summed E-state index contributed by atoms with van der Waals surface area (Å²) >= 11 is 0. The van der Waals surface area contributed by atoms with Crippen LogP contribution < -0.4 is 0 Å². The largest absolute Gasteiger partial charge is 0.467 e. The van der Waals surface area contributed by atoms with Gasteiger partial charge in [-0.25, -0.2) is 19.2 Å². The Hall–Kier alpha value is -2.90. The molecule has 1 aromatic carbocycles. The zero-order valence-electron chi connectivity index (χ0n) is 15.9. The number of nitrogens with zero attached hydrogens (tertiary/aromatic N) is 1. The zero-order valence-corrected chi connectivity index (χ0v) is 15.9. The Morgan fingerprint density at radius 3 is 1.71 bits per heavy atom. The second-order valence-corrected chi connectivity index (χ2v) is 7.11. The molecule has 0 aliphatic carbocycles. The number of ether oxygens (including phenoxy) is 3. The van der Waals surface area contributed by atoms with E-state index in [0.29, 0.717) is 38.5 Å². The Morgan fingerprint density at radius 2 is 1.29 bits per heavy atom. The molecule has 2 saturated heterocycles. The monoisotopic (exact) mass is 389 g/mol. The lowest BCUT2D eigenvalue weighted by molar-refractivity contribution is -0.182. The summed E-state index contributed by atoms with van der Waals surface area (Å²) in [7, 11) is 2.47. The van der Waals surface area contributed by atoms with Gasteiger partial charge in [0.2, 0.25) is 0 Å². The van der Waals surface area contributed by atoms with Crippen LogP contribution in [0.1, 0.15) is 48.9 Å². The Morgan fingerprint density at radius 1 is 0.821 bits per heavy atom. The van der Waals surface area contributed by atoms with E-state index in [1.54, 1.807) is 18.2 Å². The summed E-state index contributed by atoms with van der Waals surface area (Å²) in [5.41, 5.74) is -2.52. The molecular formula is C20H23NO7. The van der Waals surface area contributed by atoms with Gasteiger partial charge < -0.3 is 14.2 Å². The molecule has 2 bridgehead atoms. The minimum Gasteiger partial charge on any atom is -0.467 e. The Bertz CT molecular complexity index is 747. The molecule has 0 saturated carbocycles. The predicted octanol–water partition coefficient (Wildman–Crippen LogP) is 2.46.